The highest BCUT2D eigenvalue weighted by molar-refractivity contribution is 5.67. The first-order chi connectivity index (χ1) is 8.56. The fourth-order valence-electron chi connectivity index (χ4n) is 3.57. The van der Waals surface area contributed by atoms with Crippen molar-refractivity contribution in [3.05, 3.63) is 0 Å². The Morgan fingerprint density at radius 3 is 2.50 bits per heavy atom. The summed E-state index contributed by atoms with van der Waals surface area (Å²) in [4.78, 5) is 15.8. The molecule has 2 fully saturated rings. The summed E-state index contributed by atoms with van der Waals surface area (Å²) in [6, 6.07) is 0.878. The lowest BCUT2D eigenvalue weighted by Crippen LogP contribution is -2.43. The second-order valence-electron chi connectivity index (χ2n) is 6.19. The molecule has 2 unspecified atom stereocenters. The molecule has 1 heterocycles. The number of hydrogen-bond acceptors (Lipinski definition) is 3. The van der Waals surface area contributed by atoms with Gasteiger partial charge in [-0.1, -0.05) is 19.8 Å². The number of likely N-dealkylation sites (N-methyl/N-ethyl adjacent to an activating group) is 1. The molecule has 0 radical (unpaired) electrons. The zero-order valence-electron chi connectivity index (χ0n) is 11.6. The van der Waals surface area contributed by atoms with Crippen molar-refractivity contribution in [1.82, 2.24) is 9.80 Å². The van der Waals surface area contributed by atoms with Crippen molar-refractivity contribution in [2.75, 3.05) is 26.7 Å². The second-order valence-corrected chi connectivity index (χ2v) is 6.19. The Labute approximate surface area is 110 Å². The molecule has 4 nitrogen and oxygen atoms in total. The van der Waals surface area contributed by atoms with Crippen molar-refractivity contribution in [3.8, 4) is 0 Å². The van der Waals surface area contributed by atoms with Crippen LogP contribution in [-0.4, -0.2) is 59.6 Å². The maximum atomic E-state index is 11.0. The van der Waals surface area contributed by atoms with Gasteiger partial charge in [-0.2, -0.15) is 0 Å². The Morgan fingerprint density at radius 2 is 1.89 bits per heavy atom. The second kappa shape index (κ2) is 6.02. The molecule has 0 spiro atoms. The van der Waals surface area contributed by atoms with Crippen LogP contribution in [0.1, 0.15) is 39.0 Å². The maximum absolute atomic E-state index is 11.0. The molecular weight excluding hydrogens is 228 g/mol. The van der Waals surface area contributed by atoms with Crippen LogP contribution in [0.4, 0.5) is 0 Å². The van der Waals surface area contributed by atoms with E-state index in [9.17, 15) is 4.79 Å². The predicted molar refractivity (Wildman–Crippen MR) is 71.7 cm³/mol. The Hall–Kier alpha value is -0.610. The van der Waals surface area contributed by atoms with E-state index in [1.54, 1.807) is 0 Å². The van der Waals surface area contributed by atoms with Crippen molar-refractivity contribution >= 4 is 5.97 Å². The Balaban J connectivity index is 2.03. The lowest BCUT2D eigenvalue weighted by Gasteiger charge is -2.31. The summed E-state index contributed by atoms with van der Waals surface area (Å²) in [6.45, 7) is 5.35. The van der Waals surface area contributed by atoms with Gasteiger partial charge in [-0.15, -0.1) is 0 Å². The van der Waals surface area contributed by atoms with Crippen LogP contribution in [0.25, 0.3) is 0 Å². The average molecular weight is 254 g/mol. The molecule has 0 amide bonds. The first-order valence-electron chi connectivity index (χ1n) is 7.22. The molecule has 1 saturated carbocycles. The minimum atomic E-state index is -0.673. The average Bonchev–Trinajstić information content (AvgIpc) is 2.75. The number of carbonyl (C=O) groups is 1. The van der Waals surface area contributed by atoms with Crippen LogP contribution in [0.2, 0.25) is 0 Å². The zero-order chi connectivity index (χ0) is 13.1. The molecule has 1 saturated heterocycles. The minimum Gasteiger partial charge on any atom is -0.481 e. The number of nitrogens with zero attached hydrogens (tertiary/aromatic N) is 2. The zero-order valence-corrected chi connectivity index (χ0v) is 11.6. The van der Waals surface area contributed by atoms with Gasteiger partial charge in [0.2, 0.25) is 0 Å². The standard InChI is InChI=1S/C14H26N2O2/c1-11-8-15(2)13(7-14(17)18)10-16(9-11)12-5-3-4-6-12/h11-13H,3-10H2,1-2H3,(H,17,18). The summed E-state index contributed by atoms with van der Waals surface area (Å²) >= 11 is 0. The van der Waals surface area contributed by atoms with E-state index in [0.717, 1.165) is 19.6 Å². The van der Waals surface area contributed by atoms with E-state index < -0.39 is 5.97 Å². The summed E-state index contributed by atoms with van der Waals surface area (Å²) in [6.07, 6.45) is 5.56. The van der Waals surface area contributed by atoms with Crippen LogP contribution in [0, 0.1) is 5.92 Å². The Morgan fingerprint density at radius 1 is 1.22 bits per heavy atom. The Bertz CT molecular complexity index is 290. The van der Waals surface area contributed by atoms with Gasteiger partial charge >= 0.3 is 5.97 Å². The van der Waals surface area contributed by atoms with E-state index in [1.807, 2.05) is 0 Å². The maximum Gasteiger partial charge on any atom is 0.304 e. The van der Waals surface area contributed by atoms with Crippen molar-refractivity contribution in [2.45, 2.75) is 51.1 Å². The minimum absolute atomic E-state index is 0.174. The van der Waals surface area contributed by atoms with E-state index in [2.05, 4.69) is 23.8 Å². The normalized spacial score (nSPS) is 32.6. The topological polar surface area (TPSA) is 43.8 Å². The number of aliphatic carboxylic acids is 1. The number of rotatable bonds is 3. The van der Waals surface area contributed by atoms with Crippen molar-refractivity contribution in [3.63, 3.8) is 0 Å². The molecule has 0 aromatic carbocycles. The van der Waals surface area contributed by atoms with Gasteiger partial charge in [0.25, 0.3) is 0 Å². The molecule has 2 aliphatic rings. The first kappa shape index (κ1) is 13.8. The summed E-state index contributed by atoms with van der Waals surface area (Å²) in [5.41, 5.74) is 0. The van der Waals surface area contributed by atoms with Crippen LogP contribution >= 0.6 is 0 Å². The molecule has 18 heavy (non-hydrogen) atoms. The van der Waals surface area contributed by atoms with Gasteiger partial charge in [0.05, 0.1) is 6.42 Å². The molecule has 2 rings (SSSR count). The van der Waals surface area contributed by atoms with E-state index in [-0.39, 0.29) is 12.5 Å². The smallest absolute Gasteiger partial charge is 0.304 e. The van der Waals surface area contributed by atoms with Gasteiger partial charge in [0.1, 0.15) is 0 Å². The van der Waals surface area contributed by atoms with Crippen molar-refractivity contribution in [1.29, 1.82) is 0 Å². The van der Waals surface area contributed by atoms with Gasteiger partial charge in [-0.25, -0.2) is 0 Å². The molecule has 0 aromatic heterocycles. The van der Waals surface area contributed by atoms with Crippen LogP contribution in [0.15, 0.2) is 0 Å². The highest BCUT2D eigenvalue weighted by Gasteiger charge is 2.31. The van der Waals surface area contributed by atoms with E-state index in [1.165, 1.54) is 25.7 Å². The monoisotopic (exact) mass is 254 g/mol. The SMILES string of the molecule is CC1CN(C)C(CC(=O)O)CN(C2CCCC2)C1. The molecule has 0 bridgehead atoms. The number of hydrogen-bond donors (Lipinski definition) is 1. The van der Waals surface area contributed by atoms with Crippen molar-refractivity contribution < 1.29 is 9.90 Å². The number of carboxylic acid groups (broad SMARTS) is 1. The molecule has 1 aliphatic heterocycles. The quantitative estimate of drug-likeness (QED) is 0.832. The van der Waals surface area contributed by atoms with E-state index in [4.69, 9.17) is 5.11 Å². The van der Waals surface area contributed by atoms with E-state index >= 15 is 0 Å². The van der Waals surface area contributed by atoms with Gasteiger partial charge in [0.15, 0.2) is 0 Å². The summed E-state index contributed by atoms with van der Waals surface area (Å²) in [7, 11) is 2.07. The molecule has 104 valence electrons. The summed E-state index contributed by atoms with van der Waals surface area (Å²) in [5, 5.41) is 9.05. The lowest BCUT2D eigenvalue weighted by molar-refractivity contribution is -0.138. The molecule has 1 aliphatic carbocycles. The first-order valence-corrected chi connectivity index (χ1v) is 7.22. The third-order valence-corrected chi connectivity index (χ3v) is 4.47. The van der Waals surface area contributed by atoms with Crippen LogP contribution in [-0.2, 0) is 4.79 Å². The third kappa shape index (κ3) is 3.45. The number of carboxylic acids is 1. The molecule has 4 heteroatoms. The highest BCUT2D eigenvalue weighted by Crippen LogP contribution is 2.27. The highest BCUT2D eigenvalue weighted by atomic mass is 16.4. The molecule has 0 aromatic rings. The summed E-state index contributed by atoms with van der Waals surface area (Å²) in [5.74, 6) is -0.0397. The fourth-order valence-corrected chi connectivity index (χ4v) is 3.57. The van der Waals surface area contributed by atoms with Gasteiger partial charge < -0.3 is 10.0 Å². The summed E-state index contributed by atoms with van der Waals surface area (Å²) < 4.78 is 0. The van der Waals surface area contributed by atoms with Crippen LogP contribution in [0.3, 0.4) is 0 Å². The predicted octanol–water partition coefficient (Wildman–Crippen LogP) is 1.66. The van der Waals surface area contributed by atoms with Crippen LogP contribution in [0.5, 0.6) is 0 Å². The van der Waals surface area contributed by atoms with Crippen LogP contribution < -0.4 is 0 Å². The molecule has 2 atom stereocenters. The lowest BCUT2D eigenvalue weighted by atomic mass is 10.1. The third-order valence-electron chi connectivity index (χ3n) is 4.47. The molecular formula is C14H26N2O2. The van der Waals surface area contributed by atoms with Gasteiger partial charge in [-0.05, 0) is 25.8 Å². The Kier molecular flexibility index (Phi) is 4.62. The van der Waals surface area contributed by atoms with Gasteiger partial charge in [0, 0.05) is 31.7 Å². The van der Waals surface area contributed by atoms with Gasteiger partial charge in [-0.3, -0.25) is 9.69 Å². The molecule has 1 N–H and O–H groups in total. The fraction of sp³-hybridized carbons (Fsp3) is 0.929. The van der Waals surface area contributed by atoms with Crippen molar-refractivity contribution in [2.24, 2.45) is 5.92 Å². The largest absolute Gasteiger partial charge is 0.481 e. The van der Waals surface area contributed by atoms with E-state index in [0.29, 0.717) is 12.0 Å².